The second-order valence-corrected chi connectivity index (χ2v) is 6.22. The van der Waals surface area contributed by atoms with Gasteiger partial charge in [0.05, 0.1) is 5.69 Å². The third-order valence-electron chi connectivity index (χ3n) is 3.16. The van der Waals surface area contributed by atoms with E-state index >= 15 is 0 Å². The highest BCUT2D eigenvalue weighted by molar-refractivity contribution is 9.11. The Morgan fingerprint density at radius 3 is 2.53 bits per heavy atom. The van der Waals surface area contributed by atoms with Crippen LogP contribution in [0.4, 0.5) is 5.69 Å². The van der Waals surface area contributed by atoms with Crippen LogP contribution in [0.3, 0.4) is 0 Å². The third-order valence-corrected chi connectivity index (χ3v) is 4.31. The van der Waals surface area contributed by atoms with Crippen LogP contribution in [0.1, 0.15) is 32.1 Å². The monoisotopic (exact) mass is 359 g/mol. The maximum Gasteiger partial charge on any atom is 0.227 e. The van der Waals surface area contributed by atoms with E-state index in [1.807, 2.05) is 18.2 Å². The van der Waals surface area contributed by atoms with Crippen LogP contribution in [0.25, 0.3) is 0 Å². The molecule has 0 aliphatic heterocycles. The Morgan fingerprint density at radius 2 is 1.88 bits per heavy atom. The van der Waals surface area contributed by atoms with Crippen LogP contribution in [-0.2, 0) is 4.79 Å². The number of benzene rings is 1. The highest BCUT2D eigenvalue weighted by atomic mass is 79.9. The fourth-order valence-corrected chi connectivity index (χ4v) is 3.34. The summed E-state index contributed by atoms with van der Waals surface area (Å²) in [7, 11) is 0. The lowest BCUT2D eigenvalue weighted by atomic mass is 9.88. The van der Waals surface area contributed by atoms with Crippen molar-refractivity contribution in [1.82, 2.24) is 0 Å². The van der Waals surface area contributed by atoms with E-state index in [2.05, 4.69) is 37.2 Å². The van der Waals surface area contributed by atoms with Crippen molar-refractivity contribution in [2.24, 2.45) is 5.92 Å². The maximum atomic E-state index is 12.1. The highest BCUT2D eigenvalue weighted by Gasteiger charge is 2.21. The molecule has 2 nitrogen and oxygen atoms in total. The first-order valence-corrected chi connectivity index (χ1v) is 7.51. The molecule has 1 aromatic carbocycles. The minimum Gasteiger partial charge on any atom is -0.325 e. The molecule has 1 N–H and O–H groups in total. The molecule has 0 unspecified atom stereocenters. The van der Waals surface area contributed by atoms with Gasteiger partial charge in [0.2, 0.25) is 5.91 Å². The van der Waals surface area contributed by atoms with Gasteiger partial charge in [-0.25, -0.2) is 0 Å². The molecule has 0 bridgehead atoms. The van der Waals surface area contributed by atoms with Gasteiger partial charge in [-0.15, -0.1) is 0 Å². The van der Waals surface area contributed by atoms with Gasteiger partial charge in [0.1, 0.15) is 0 Å². The lowest BCUT2D eigenvalue weighted by molar-refractivity contribution is -0.120. The predicted molar refractivity (Wildman–Crippen MR) is 77.0 cm³/mol. The maximum absolute atomic E-state index is 12.1. The van der Waals surface area contributed by atoms with Gasteiger partial charge in [-0.1, -0.05) is 35.2 Å². The van der Waals surface area contributed by atoms with Gasteiger partial charge in [0.15, 0.2) is 0 Å². The molecule has 0 atom stereocenters. The molecule has 0 heterocycles. The first-order valence-electron chi connectivity index (χ1n) is 5.93. The summed E-state index contributed by atoms with van der Waals surface area (Å²) in [6, 6.07) is 5.78. The van der Waals surface area contributed by atoms with Gasteiger partial charge >= 0.3 is 0 Å². The van der Waals surface area contributed by atoms with E-state index in [1.165, 1.54) is 19.3 Å². The first-order chi connectivity index (χ1) is 8.16. The summed E-state index contributed by atoms with van der Waals surface area (Å²) in [6.45, 7) is 0. The standard InChI is InChI=1S/C13H15Br2NO/c14-10-6-7-12(11(15)8-10)16-13(17)9-4-2-1-3-5-9/h6-9H,1-5H2,(H,16,17). The molecule has 1 aromatic rings. The molecule has 0 spiro atoms. The Kier molecular flexibility index (Phi) is 4.62. The Morgan fingerprint density at radius 1 is 1.18 bits per heavy atom. The number of nitrogens with one attached hydrogen (secondary N) is 1. The summed E-state index contributed by atoms with van der Waals surface area (Å²) >= 11 is 6.85. The number of hydrogen-bond acceptors (Lipinski definition) is 1. The minimum absolute atomic E-state index is 0.160. The molecular weight excluding hydrogens is 346 g/mol. The molecule has 0 aromatic heterocycles. The molecule has 17 heavy (non-hydrogen) atoms. The van der Waals surface area contributed by atoms with E-state index in [1.54, 1.807) is 0 Å². The van der Waals surface area contributed by atoms with Crippen molar-refractivity contribution in [3.63, 3.8) is 0 Å². The van der Waals surface area contributed by atoms with Crippen LogP contribution < -0.4 is 5.32 Å². The highest BCUT2D eigenvalue weighted by Crippen LogP contribution is 2.29. The lowest BCUT2D eigenvalue weighted by Gasteiger charge is -2.21. The summed E-state index contributed by atoms with van der Waals surface area (Å²) in [5, 5.41) is 3.00. The number of hydrogen-bond donors (Lipinski definition) is 1. The summed E-state index contributed by atoms with van der Waals surface area (Å²) in [6.07, 6.45) is 5.69. The van der Waals surface area contributed by atoms with Crippen LogP contribution in [0, 0.1) is 5.92 Å². The van der Waals surface area contributed by atoms with E-state index < -0.39 is 0 Å². The van der Waals surface area contributed by atoms with Crippen molar-refractivity contribution < 1.29 is 4.79 Å². The molecule has 1 fully saturated rings. The Balaban J connectivity index is 2.02. The van der Waals surface area contributed by atoms with Crippen molar-refractivity contribution in [2.45, 2.75) is 32.1 Å². The third kappa shape index (κ3) is 3.55. The van der Waals surface area contributed by atoms with Gasteiger partial charge in [-0.2, -0.15) is 0 Å². The molecule has 0 radical (unpaired) electrons. The summed E-state index contributed by atoms with van der Waals surface area (Å²) in [5.41, 5.74) is 0.851. The number of amides is 1. The zero-order valence-corrected chi connectivity index (χ0v) is 12.7. The van der Waals surface area contributed by atoms with Crippen molar-refractivity contribution in [1.29, 1.82) is 0 Å². The van der Waals surface area contributed by atoms with Gasteiger partial charge in [0, 0.05) is 14.9 Å². The lowest BCUT2D eigenvalue weighted by Crippen LogP contribution is -2.24. The average molecular weight is 361 g/mol. The number of carbonyl (C=O) groups excluding carboxylic acids is 1. The summed E-state index contributed by atoms with van der Waals surface area (Å²) in [4.78, 5) is 12.1. The summed E-state index contributed by atoms with van der Waals surface area (Å²) in [5.74, 6) is 0.354. The van der Waals surface area contributed by atoms with Crippen molar-refractivity contribution in [3.05, 3.63) is 27.1 Å². The zero-order valence-electron chi connectivity index (χ0n) is 9.51. The largest absolute Gasteiger partial charge is 0.325 e. The fraction of sp³-hybridized carbons (Fsp3) is 0.462. The van der Waals surface area contributed by atoms with Crippen LogP contribution in [-0.4, -0.2) is 5.91 Å². The molecule has 92 valence electrons. The predicted octanol–water partition coefficient (Wildman–Crippen LogP) is 4.73. The van der Waals surface area contributed by atoms with Crippen LogP contribution in [0.2, 0.25) is 0 Å². The smallest absolute Gasteiger partial charge is 0.227 e. The van der Waals surface area contributed by atoms with Gasteiger partial charge in [0.25, 0.3) is 0 Å². The number of carbonyl (C=O) groups is 1. The first kappa shape index (κ1) is 13.1. The molecule has 4 heteroatoms. The van der Waals surface area contributed by atoms with Crippen molar-refractivity contribution in [3.8, 4) is 0 Å². The number of halogens is 2. The Labute approximate surface area is 118 Å². The van der Waals surface area contributed by atoms with Crippen molar-refractivity contribution in [2.75, 3.05) is 5.32 Å². The van der Waals surface area contributed by atoms with Gasteiger partial charge in [-0.3, -0.25) is 4.79 Å². The average Bonchev–Trinajstić information content (AvgIpc) is 2.34. The second kappa shape index (κ2) is 6.01. The topological polar surface area (TPSA) is 29.1 Å². The Hall–Kier alpha value is -0.350. The van der Waals surface area contributed by atoms with Crippen LogP contribution in [0.5, 0.6) is 0 Å². The molecule has 0 saturated heterocycles. The Bertz CT molecular complexity index is 414. The SMILES string of the molecule is O=C(Nc1ccc(Br)cc1Br)C1CCCCC1. The van der Waals surface area contributed by atoms with E-state index in [0.717, 1.165) is 27.5 Å². The van der Waals surface area contributed by atoms with Gasteiger partial charge in [-0.05, 0) is 47.0 Å². The van der Waals surface area contributed by atoms with Gasteiger partial charge < -0.3 is 5.32 Å². The van der Waals surface area contributed by atoms with Crippen LogP contribution >= 0.6 is 31.9 Å². The molecule has 1 amide bonds. The summed E-state index contributed by atoms with van der Waals surface area (Å²) < 4.78 is 1.91. The van der Waals surface area contributed by atoms with E-state index in [0.29, 0.717) is 0 Å². The molecule has 1 aliphatic rings. The van der Waals surface area contributed by atoms with Crippen molar-refractivity contribution >= 4 is 43.5 Å². The van der Waals surface area contributed by atoms with Crippen LogP contribution in [0.15, 0.2) is 27.1 Å². The fourth-order valence-electron chi connectivity index (χ4n) is 2.19. The molecular formula is C13H15Br2NO. The van der Waals surface area contributed by atoms with E-state index in [4.69, 9.17) is 0 Å². The second-order valence-electron chi connectivity index (χ2n) is 4.45. The zero-order chi connectivity index (χ0) is 12.3. The van der Waals surface area contributed by atoms with E-state index in [-0.39, 0.29) is 11.8 Å². The molecule has 1 saturated carbocycles. The number of anilines is 1. The molecule has 2 rings (SSSR count). The normalized spacial score (nSPS) is 16.8. The number of rotatable bonds is 2. The quantitative estimate of drug-likeness (QED) is 0.811. The molecule has 1 aliphatic carbocycles. The van der Waals surface area contributed by atoms with E-state index in [9.17, 15) is 4.79 Å². The minimum atomic E-state index is 0.160.